The minimum absolute atomic E-state index is 0.00683. The molecule has 158 valence electrons. The molecule has 1 aromatic carbocycles. The molecule has 0 radical (unpaired) electrons. The lowest BCUT2D eigenvalue weighted by Gasteiger charge is -2.21. The lowest BCUT2D eigenvalue weighted by molar-refractivity contribution is -0.149. The highest BCUT2D eigenvalue weighted by Gasteiger charge is 2.32. The number of rotatable bonds is 8. The fraction of sp³-hybridized carbons (Fsp3) is 0.545. The Bertz CT molecular complexity index is 715. The van der Waals surface area contributed by atoms with E-state index in [0.29, 0.717) is 19.4 Å². The smallest absolute Gasteiger partial charge is 0.306 e. The minimum Gasteiger partial charge on any atom is -0.461 e. The van der Waals surface area contributed by atoms with Gasteiger partial charge in [-0.05, 0) is 24.3 Å². The Kier molecular flexibility index (Phi) is 8.99. The van der Waals surface area contributed by atoms with Crippen molar-refractivity contribution in [3.63, 3.8) is 0 Å². The van der Waals surface area contributed by atoms with Crippen LogP contribution in [0.1, 0.15) is 45.1 Å². The van der Waals surface area contributed by atoms with Gasteiger partial charge in [-0.2, -0.15) is 0 Å². The molecule has 1 heterocycles. The van der Waals surface area contributed by atoms with Gasteiger partial charge in [-0.1, -0.05) is 44.2 Å². The summed E-state index contributed by atoms with van der Waals surface area (Å²) in [6, 6.07) is 9.31. The molecule has 1 aliphatic rings. The van der Waals surface area contributed by atoms with Crippen molar-refractivity contribution in [2.75, 3.05) is 13.3 Å². The van der Waals surface area contributed by atoms with E-state index in [2.05, 4.69) is 5.32 Å². The minimum atomic E-state index is -0.729. The average molecular weight is 403 g/mol. The van der Waals surface area contributed by atoms with Crippen molar-refractivity contribution < 1.29 is 28.7 Å². The van der Waals surface area contributed by atoms with Gasteiger partial charge in [0.2, 0.25) is 5.78 Å². The quantitative estimate of drug-likeness (QED) is 0.529. The van der Waals surface area contributed by atoms with Crippen molar-refractivity contribution in [3.8, 4) is 0 Å². The molecule has 0 aromatic heterocycles. The van der Waals surface area contributed by atoms with Crippen LogP contribution in [0.5, 0.6) is 0 Å². The van der Waals surface area contributed by atoms with Crippen molar-refractivity contribution in [3.05, 3.63) is 35.9 Å². The molecule has 1 N–H and O–H groups in total. The monoisotopic (exact) mass is 403 g/mol. The Morgan fingerprint density at radius 2 is 1.93 bits per heavy atom. The topological polar surface area (TPSA) is 98.8 Å². The van der Waals surface area contributed by atoms with Gasteiger partial charge in [-0.3, -0.25) is 19.2 Å². The molecule has 29 heavy (non-hydrogen) atoms. The summed E-state index contributed by atoms with van der Waals surface area (Å²) in [5.74, 6) is -3.30. The van der Waals surface area contributed by atoms with Gasteiger partial charge < -0.3 is 14.8 Å². The second kappa shape index (κ2) is 11.5. The first-order valence-corrected chi connectivity index (χ1v) is 10.0. The van der Waals surface area contributed by atoms with Crippen molar-refractivity contribution >= 4 is 23.4 Å². The standard InChI is InChI=1S/C22H29NO6/c1-15(2)18(12-20(25)29-13-16-7-4-3-5-8-16)19(24)11-17-9-6-10-28-14-23-22(27)21(17)26/h3-5,7-8,15,17-18H,6,9-14H2,1-2H3,(H,23,27). The molecule has 1 aliphatic heterocycles. The molecule has 0 saturated carbocycles. The Morgan fingerprint density at radius 1 is 1.21 bits per heavy atom. The first-order valence-electron chi connectivity index (χ1n) is 10.0. The maximum absolute atomic E-state index is 12.9. The van der Waals surface area contributed by atoms with Gasteiger partial charge in [0, 0.05) is 24.9 Å². The number of hydrogen-bond acceptors (Lipinski definition) is 6. The molecule has 2 rings (SSSR count). The van der Waals surface area contributed by atoms with Gasteiger partial charge in [-0.15, -0.1) is 0 Å². The predicted octanol–water partition coefficient (Wildman–Crippen LogP) is 2.42. The average Bonchev–Trinajstić information content (AvgIpc) is 2.78. The number of carbonyl (C=O) groups excluding carboxylic acids is 4. The molecule has 1 fully saturated rings. The molecule has 1 amide bonds. The number of amides is 1. The molecule has 0 bridgehead atoms. The molecule has 7 nitrogen and oxygen atoms in total. The zero-order valence-electron chi connectivity index (χ0n) is 17.0. The van der Waals surface area contributed by atoms with Crippen LogP contribution in [0.4, 0.5) is 0 Å². The fourth-order valence-corrected chi connectivity index (χ4v) is 3.31. The van der Waals surface area contributed by atoms with Crippen molar-refractivity contribution in [2.45, 2.75) is 46.1 Å². The molecule has 1 aromatic rings. The zero-order valence-corrected chi connectivity index (χ0v) is 17.0. The third-order valence-electron chi connectivity index (χ3n) is 5.07. The SMILES string of the molecule is CC(C)C(CC(=O)OCc1ccccc1)C(=O)CC1CCCOCNC(=O)C1=O. The van der Waals surface area contributed by atoms with Crippen LogP contribution in [0.3, 0.4) is 0 Å². The summed E-state index contributed by atoms with van der Waals surface area (Å²) >= 11 is 0. The van der Waals surface area contributed by atoms with Crippen LogP contribution in [0.25, 0.3) is 0 Å². The summed E-state index contributed by atoms with van der Waals surface area (Å²) in [6.45, 7) is 4.28. The van der Waals surface area contributed by atoms with Gasteiger partial charge >= 0.3 is 5.97 Å². The first kappa shape index (κ1) is 22.7. The number of ketones is 2. The molecule has 7 heteroatoms. The van der Waals surface area contributed by atoms with E-state index < -0.39 is 29.5 Å². The first-order chi connectivity index (χ1) is 13.9. The van der Waals surface area contributed by atoms with E-state index in [0.717, 1.165) is 5.56 Å². The molecule has 1 saturated heterocycles. The highest BCUT2D eigenvalue weighted by molar-refractivity contribution is 6.37. The van der Waals surface area contributed by atoms with Crippen LogP contribution in [0, 0.1) is 17.8 Å². The molecule has 2 unspecified atom stereocenters. The van der Waals surface area contributed by atoms with Crippen LogP contribution in [-0.2, 0) is 35.3 Å². The van der Waals surface area contributed by atoms with Crippen molar-refractivity contribution in [1.29, 1.82) is 0 Å². The van der Waals surface area contributed by atoms with E-state index >= 15 is 0 Å². The van der Waals surface area contributed by atoms with Gasteiger partial charge in [0.15, 0.2) is 0 Å². The molecular formula is C22H29NO6. The van der Waals surface area contributed by atoms with E-state index in [1.807, 2.05) is 44.2 Å². The van der Waals surface area contributed by atoms with E-state index in [4.69, 9.17) is 9.47 Å². The number of benzene rings is 1. The van der Waals surface area contributed by atoms with Crippen molar-refractivity contribution in [1.82, 2.24) is 5.32 Å². The lowest BCUT2D eigenvalue weighted by atomic mass is 9.82. The molecule has 0 spiro atoms. The number of nitrogens with one attached hydrogen (secondary N) is 1. The largest absolute Gasteiger partial charge is 0.461 e. The fourth-order valence-electron chi connectivity index (χ4n) is 3.31. The molecule has 0 aliphatic carbocycles. The number of carbonyl (C=O) groups is 4. The second-order valence-corrected chi connectivity index (χ2v) is 7.63. The summed E-state index contributed by atoms with van der Waals surface area (Å²) in [5, 5.41) is 2.40. The molecule has 2 atom stereocenters. The number of Topliss-reactive ketones (excluding diaryl/α,β-unsaturated/α-hetero) is 2. The lowest BCUT2D eigenvalue weighted by Crippen LogP contribution is -2.37. The third kappa shape index (κ3) is 7.42. The number of hydrogen-bond donors (Lipinski definition) is 1. The maximum Gasteiger partial charge on any atom is 0.306 e. The normalized spacial score (nSPS) is 18.9. The van der Waals surface area contributed by atoms with Gasteiger partial charge in [0.1, 0.15) is 19.1 Å². The summed E-state index contributed by atoms with van der Waals surface area (Å²) < 4.78 is 10.5. The van der Waals surface area contributed by atoms with Gasteiger partial charge in [0.05, 0.1) is 6.42 Å². The highest BCUT2D eigenvalue weighted by Crippen LogP contribution is 2.24. The van der Waals surface area contributed by atoms with E-state index in [9.17, 15) is 19.2 Å². The van der Waals surface area contributed by atoms with Crippen molar-refractivity contribution in [2.24, 2.45) is 17.8 Å². The summed E-state index contributed by atoms with van der Waals surface area (Å²) in [4.78, 5) is 49.4. The predicted molar refractivity (Wildman–Crippen MR) is 105 cm³/mol. The van der Waals surface area contributed by atoms with E-state index in [1.165, 1.54) is 0 Å². The van der Waals surface area contributed by atoms with Crippen LogP contribution >= 0.6 is 0 Å². The molecular weight excluding hydrogens is 374 g/mol. The summed E-state index contributed by atoms with van der Waals surface area (Å²) in [7, 11) is 0. The zero-order chi connectivity index (χ0) is 21.2. The van der Waals surface area contributed by atoms with Gasteiger partial charge in [0.25, 0.3) is 5.91 Å². The Hall–Kier alpha value is -2.54. The van der Waals surface area contributed by atoms with E-state index in [-0.39, 0.29) is 37.9 Å². The van der Waals surface area contributed by atoms with Crippen LogP contribution < -0.4 is 5.32 Å². The summed E-state index contributed by atoms with van der Waals surface area (Å²) in [6.07, 6.45) is 0.895. The van der Waals surface area contributed by atoms with Crippen LogP contribution in [0.2, 0.25) is 0 Å². The number of ether oxygens (including phenoxy) is 2. The van der Waals surface area contributed by atoms with Gasteiger partial charge in [-0.25, -0.2) is 0 Å². The summed E-state index contributed by atoms with van der Waals surface area (Å²) in [5.41, 5.74) is 0.873. The second-order valence-electron chi connectivity index (χ2n) is 7.63. The Labute approximate surface area is 171 Å². The number of esters is 1. The van der Waals surface area contributed by atoms with Crippen LogP contribution in [-0.4, -0.2) is 36.8 Å². The Balaban J connectivity index is 1.95. The highest BCUT2D eigenvalue weighted by atomic mass is 16.5. The maximum atomic E-state index is 12.9. The van der Waals surface area contributed by atoms with E-state index in [1.54, 1.807) is 0 Å². The van der Waals surface area contributed by atoms with Crippen LogP contribution in [0.15, 0.2) is 30.3 Å². The Morgan fingerprint density at radius 3 is 2.62 bits per heavy atom. The third-order valence-corrected chi connectivity index (χ3v) is 5.07.